The molecule has 0 rings (SSSR count). The van der Waals surface area contributed by atoms with Gasteiger partial charge >= 0.3 is 7.82 Å². The molecule has 0 radical (unpaired) electrons. The number of carbonyl (C=O) groups is 1. The second-order valence-corrected chi connectivity index (χ2v) is 17.2. The Balaban J connectivity index is 4.43. The van der Waals surface area contributed by atoms with E-state index in [0.29, 0.717) is 17.4 Å². The lowest BCUT2D eigenvalue weighted by atomic mass is 10.1. The minimum atomic E-state index is -4.33. The molecule has 0 saturated heterocycles. The molecule has 0 heterocycles. The third kappa shape index (κ3) is 37.1. The Bertz CT molecular complexity index is 891. The molecule has 3 unspecified atom stereocenters. The molecule has 0 aromatic rings. The summed E-state index contributed by atoms with van der Waals surface area (Å²) in [6.07, 6.45) is 39.5. The number of hydrogen-bond donors (Lipinski definition) is 3. The van der Waals surface area contributed by atoms with Gasteiger partial charge in [-0.05, 0) is 44.9 Å². The molecule has 0 aromatic carbocycles. The van der Waals surface area contributed by atoms with Gasteiger partial charge in [-0.25, -0.2) is 4.57 Å². The van der Waals surface area contributed by atoms with Crippen molar-refractivity contribution in [1.82, 2.24) is 5.32 Å². The molecule has 0 fully saturated rings. The summed E-state index contributed by atoms with van der Waals surface area (Å²) in [4.78, 5) is 23.0. The number of carbonyl (C=O) groups excluding carboxylic acids is 1. The highest BCUT2D eigenvalue weighted by molar-refractivity contribution is 7.47. The van der Waals surface area contributed by atoms with Crippen LogP contribution in [0.5, 0.6) is 0 Å². The van der Waals surface area contributed by atoms with Crippen molar-refractivity contribution in [2.24, 2.45) is 0 Å². The molecular weight excluding hydrogens is 659 g/mol. The highest BCUT2D eigenvalue weighted by atomic mass is 31.2. The van der Waals surface area contributed by atoms with E-state index >= 15 is 0 Å². The van der Waals surface area contributed by atoms with Crippen LogP contribution in [0, 0.1) is 0 Å². The second-order valence-electron chi connectivity index (χ2n) is 15.7. The molecule has 51 heavy (non-hydrogen) atoms. The van der Waals surface area contributed by atoms with Crippen molar-refractivity contribution in [2.45, 2.75) is 199 Å². The molecular formula is C42H84N2O6P+. The number of phosphoric acid groups is 1. The van der Waals surface area contributed by atoms with Crippen LogP contribution in [0.4, 0.5) is 0 Å². The number of likely N-dealkylation sites (N-methyl/N-ethyl adjacent to an activating group) is 1. The minimum Gasteiger partial charge on any atom is -0.387 e. The summed E-state index contributed by atoms with van der Waals surface area (Å²) in [5, 5.41) is 13.8. The topological polar surface area (TPSA) is 105 Å². The first-order valence-corrected chi connectivity index (χ1v) is 22.7. The fraction of sp³-hybridized carbons (Fsp3) is 0.881. The SMILES string of the molecule is CCCCCCCC/C=C\CCCCCCCCCC(=O)NC(COP(=O)(O)OCC[N+](C)(C)C)C(O)/C=C/CCCCCCCCCCCC. The third-order valence-electron chi connectivity index (χ3n) is 9.42. The Morgan fingerprint density at radius 3 is 1.51 bits per heavy atom. The number of aliphatic hydroxyl groups excluding tert-OH is 1. The van der Waals surface area contributed by atoms with E-state index in [1.807, 2.05) is 27.2 Å². The molecule has 0 aliphatic carbocycles. The molecule has 0 saturated carbocycles. The van der Waals surface area contributed by atoms with E-state index in [0.717, 1.165) is 38.5 Å². The van der Waals surface area contributed by atoms with Gasteiger partial charge in [0.2, 0.25) is 5.91 Å². The largest absolute Gasteiger partial charge is 0.472 e. The maximum atomic E-state index is 12.8. The first-order valence-electron chi connectivity index (χ1n) is 21.2. The van der Waals surface area contributed by atoms with Gasteiger partial charge in [0.25, 0.3) is 0 Å². The summed E-state index contributed by atoms with van der Waals surface area (Å²) in [6, 6.07) is -0.844. The molecule has 8 nitrogen and oxygen atoms in total. The molecule has 0 bridgehead atoms. The molecule has 3 atom stereocenters. The average Bonchev–Trinajstić information content (AvgIpc) is 3.07. The quantitative estimate of drug-likeness (QED) is 0.0252. The number of allylic oxidation sites excluding steroid dienone is 3. The van der Waals surface area contributed by atoms with Crippen LogP contribution >= 0.6 is 7.82 Å². The molecule has 3 N–H and O–H groups in total. The lowest BCUT2D eigenvalue weighted by molar-refractivity contribution is -0.870. The Labute approximate surface area is 315 Å². The van der Waals surface area contributed by atoms with E-state index in [-0.39, 0.29) is 19.1 Å². The van der Waals surface area contributed by atoms with E-state index < -0.39 is 20.0 Å². The normalized spacial score (nSPS) is 14.7. The Kier molecular flexibility index (Phi) is 34.0. The lowest BCUT2D eigenvalue weighted by Gasteiger charge is -2.25. The summed E-state index contributed by atoms with van der Waals surface area (Å²) in [6.45, 7) is 4.79. The highest BCUT2D eigenvalue weighted by Crippen LogP contribution is 2.43. The molecule has 1 amide bonds. The van der Waals surface area contributed by atoms with Crippen LogP contribution in [0.25, 0.3) is 0 Å². The van der Waals surface area contributed by atoms with Crippen LogP contribution in [0.1, 0.15) is 187 Å². The van der Waals surface area contributed by atoms with Crippen molar-refractivity contribution in [3.63, 3.8) is 0 Å². The van der Waals surface area contributed by atoms with Crippen molar-refractivity contribution in [2.75, 3.05) is 40.9 Å². The fourth-order valence-electron chi connectivity index (χ4n) is 5.98. The standard InChI is InChI=1S/C42H83N2O6P/c1-6-8-10-12-14-16-18-20-21-22-23-24-26-28-30-32-34-36-42(46)43-40(39-50-51(47,48)49-38-37-44(3,4)5)41(45)35-33-31-29-27-25-19-17-15-13-11-9-7-2/h20-21,33,35,40-41,45H,6-19,22-32,34,36-39H2,1-5H3,(H-,43,46,47,48)/p+1/b21-20-,35-33+. The number of nitrogens with one attached hydrogen (secondary N) is 1. The van der Waals surface area contributed by atoms with Crippen LogP contribution in [0.3, 0.4) is 0 Å². The minimum absolute atomic E-state index is 0.0615. The highest BCUT2D eigenvalue weighted by Gasteiger charge is 2.27. The zero-order chi connectivity index (χ0) is 37.9. The fourth-order valence-corrected chi connectivity index (χ4v) is 6.71. The van der Waals surface area contributed by atoms with Crippen LogP contribution < -0.4 is 5.32 Å². The zero-order valence-electron chi connectivity index (χ0n) is 34.1. The van der Waals surface area contributed by atoms with Crippen molar-refractivity contribution < 1.29 is 32.9 Å². The molecule has 0 aliphatic heterocycles. The van der Waals surface area contributed by atoms with Crippen molar-refractivity contribution in [3.8, 4) is 0 Å². The van der Waals surface area contributed by atoms with Gasteiger partial charge in [0, 0.05) is 6.42 Å². The second kappa shape index (κ2) is 34.7. The van der Waals surface area contributed by atoms with Gasteiger partial charge in [0.05, 0.1) is 39.9 Å². The summed E-state index contributed by atoms with van der Waals surface area (Å²) >= 11 is 0. The number of phosphoric ester groups is 1. The van der Waals surface area contributed by atoms with Gasteiger partial charge in [-0.2, -0.15) is 0 Å². The van der Waals surface area contributed by atoms with Gasteiger partial charge in [-0.3, -0.25) is 13.8 Å². The molecule has 302 valence electrons. The number of hydrogen-bond acceptors (Lipinski definition) is 5. The number of aliphatic hydroxyl groups is 1. The molecule has 9 heteroatoms. The van der Waals surface area contributed by atoms with Gasteiger partial charge in [0.15, 0.2) is 0 Å². The number of nitrogens with zero attached hydrogens (tertiary/aromatic N) is 1. The average molecular weight is 744 g/mol. The Hall–Kier alpha value is -1.02. The Morgan fingerprint density at radius 2 is 1.06 bits per heavy atom. The smallest absolute Gasteiger partial charge is 0.387 e. The number of rotatable bonds is 38. The summed E-state index contributed by atoms with van der Waals surface area (Å²) in [5.74, 6) is -0.183. The van der Waals surface area contributed by atoms with Gasteiger partial charge in [-0.15, -0.1) is 0 Å². The first-order chi connectivity index (χ1) is 24.5. The predicted octanol–water partition coefficient (Wildman–Crippen LogP) is 11.4. The van der Waals surface area contributed by atoms with Crippen molar-refractivity contribution >= 4 is 13.7 Å². The third-order valence-corrected chi connectivity index (χ3v) is 10.4. The van der Waals surface area contributed by atoms with Crippen LogP contribution in [-0.4, -0.2) is 73.4 Å². The number of amides is 1. The molecule has 0 aliphatic rings. The van der Waals surface area contributed by atoms with E-state index in [2.05, 4.69) is 31.3 Å². The van der Waals surface area contributed by atoms with Gasteiger partial charge in [0.1, 0.15) is 13.2 Å². The maximum Gasteiger partial charge on any atom is 0.472 e. The summed E-state index contributed by atoms with van der Waals surface area (Å²) < 4.78 is 23.5. The zero-order valence-corrected chi connectivity index (χ0v) is 35.0. The predicted molar refractivity (Wildman–Crippen MR) is 217 cm³/mol. The van der Waals surface area contributed by atoms with Gasteiger partial charge in [-0.1, -0.05) is 160 Å². The number of unbranched alkanes of at least 4 members (excludes halogenated alkanes) is 23. The van der Waals surface area contributed by atoms with Crippen molar-refractivity contribution in [3.05, 3.63) is 24.3 Å². The number of quaternary nitrogens is 1. The van der Waals surface area contributed by atoms with Crippen LogP contribution in [0.2, 0.25) is 0 Å². The molecule has 0 spiro atoms. The van der Waals surface area contributed by atoms with E-state index in [1.54, 1.807) is 6.08 Å². The lowest BCUT2D eigenvalue weighted by Crippen LogP contribution is -2.45. The monoisotopic (exact) mass is 744 g/mol. The van der Waals surface area contributed by atoms with E-state index in [4.69, 9.17) is 9.05 Å². The summed E-state index contributed by atoms with van der Waals surface area (Å²) in [7, 11) is 1.57. The van der Waals surface area contributed by atoms with Crippen LogP contribution in [0.15, 0.2) is 24.3 Å². The van der Waals surface area contributed by atoms with Gasteiger partial charge < -0.3 is 19.8 Å². The van der Waals surface area contributed by atoms with E-state index in [1.165, 1.54) is 128 Å². The van der Waals surface area contributed by atoms with Crippen LogP contribution in [-0.2, 0) is 18.4 Å². The molecule has 0 aromatic heterocycles. The summed E-state index contributed by atoms with van der Waals surface area (Å²) in [5.41, 5.74) is 0. The van der Waals surface area contributed by atoms with E-state index in [9.17, 15) is 19.4 Å². The first kappa shape index (κ1) is 50.0. The maximum absolute atomic E-state index is 12.8. The van der Waals surface area contributed by atoms with Crippen molar-refractivity contribution in [1.29, 1.82) is 0 Å². The Morgan fingerprint density at radius 1 is 0.647 bits per heavy atom.